The predicted octanol–water partition coefficient (Wildman–Crippen LogP) is 4.55. The molecule has 0 spiro atoms. The molecule has 1 nitrogen and oxygen atoms in total. The van der Waals surface area contributed by atoms with Crippen LogP contribution in [0.25, 0.3) is 0 Å². The van der Waals surface area contributed by atoms with Gasteiger partial charge in [0.05, 0.1) is 0 Å². The molecule has 1 atom stereocenters. The van der Waals surface area contributed by atoms with Gasteiger partial charge in [-0.05, 0) is 47.4 Å². The van der Waals surface area contributed by atoms with Gasteiger partial charge in [0.15, 0.2) is 0 Å². The highest BCUT2D eigenvalue weighted by molar-refractivity contribution is 5.27. The van der Waals surface area contributed by atoms with E-state index in [9.17, 15) is 4.39 Å². The summed E-state index contributed by atoms with van der Waals surface area (Å²) < 4.78 is 13.1. The van der Waals surface area contributed by atoms with Gasteiger partial charge >= 0.3 is 0 Å². The van der Waals surface area contributed by atoms with Crippen LogP contribution in [0, 0.1) is 22.6 Å². The lowest BCUT2D eigenvalue weighted by atomic mass is 9.96. The monoisotopic (exact) mass is 263 g/mol. The first-order valence-electron chi connectivity index (χ1n) is 7.31. The molecule has 0 bridgehead atoms. The fourth-order valence-corrected chi connectivity index (χ4v) is 3.48. The van der Waals surface area contributed by atoms with E-state index in [2.05, 4.69) is 39.9 Å². The van der Waals surface area contributed by atoms with Crippen molar-refractivity contribution in [3.8, 4) is 0 Å². The van der Waals surface area contributed by atoms with E-state index in [1.165, 1.54) is 5.56 Å². The third-order valence-electron chi connectivity index (χ3n) is 5.31. The van der Waals surface area contributed by atoms with Gasteiger partial charge in [0.1, 0.15) is 5.82 Å². The summed E-state index contributed by atoms with van der Waals surface area (Å²) in [7, 11) is 0. The van der Waals surface area contributed by atoms with Crippen molar-refractivity contribution in [1.29, 1.82) is 0 Å². The minimum atomic E-state index is -0.160. The van der Waals surface area contributed by atoms with Crippen molar-refractivity contribution >= 4 is 0 Å². The van der Waals surface area contributed by atoms with Gasteiger partial charge in [0.2, 0.25) is 0 Å². The molecule has 1 aromatic carbocycles. The lowest BCUT2D eigenvalue weighted by molar-refractivity contribution is 0.409. The fourth-order valence-electron chi connectivity index (χ4n) is 3.48. The second kappa shape index (κ2) is 4.90. The van der Waals surface area contributed by atoms with E-state index in [0.717, 1.165) is 13.0 Å². The van der Waals surface area contributed by atoms with Gasteiger partial charge < -0.3 is 5.32 Å². The number of hydrogen-bond donors (Lipinski definition) is 1. The molecular weight excluding hydrogens is 237 g/mol. The summed E-state index contributed by atoms with van der Waals surface area (Å²) in [6.07, 6.45) is 1.12. The summed E-state index contributed by atoms with van der Waals surface area (Å²) in [5, 5.41) is 3.66. The molecule has 2 heteroatoms. The van der Waals surface area contributed by atoms with Crippen LogP contribution in [-0.2, 0) is 0 Å². The van der Waals surface area contributed by atoms with E-state index in [-0.39, 0.29) is 5.82 Å². The third-order valence-corrected chi connectivity index (χ3v) is 5.31. The quantitative estimate of drug-likeness (QED) is 0.822. The SMILES string of the molecule is CCCNC(c1ccc(F)cc1)C1C(C)(C)C1(C)C. The van der Waals surface area contributed by atoms with Crippen molar-refractivity contribution in [2.75, 3.05) is 6.54 Å². The first-order chi connectivity index (χ1) is 8.82. The molecule has 0 radical (unpaired) electrons. The second-order valence-corrected chi connectivity index (χ2v) is 6.90. The zero-order chi connectivity index (χ0) is 14.3. The van der Waals surface area contributed by atoms with Crippen LogP contribution in [0.1, 0.15) is 52.6 Å². The summed E-state index contributed by atoms with van der Waals surface area (Å²) in [6.45, 7) is 12.5. The maximum atomic E-state index is 13.1. The third kappa shape index (κ3) is 2.43. The largest absolute Gasteiger partial charge is 0.310 e. The van der Waals surface area contributed by atoms with E-state index in [4.69, 9.17) is 0 Å². The highest BCUT2D eigenvalue weighted by atomic mass is 19.1. The molecule has 0 aliphatic heterocycles. The minimum absolute atomic E-state index is 0.160. The normalized spacial score (nSPS) is 22.2. The summed E-state index contributed by atoms with van der Waals surface area (Å²) in [5.41, 5.74) is 1.86. The second-order valence-electron chi connectivity index (χ2n) is 6.90. The zero-order valence-corrected chi connectivity index (χ0v) is 12.8. The average molecular weight is 263 g/mol. The lowest BCUT2D eigenvalue weighted by Gasteiger charge is -2.21. The minimum Gasteiger partial charge on any atom is -0.310 e. The van der Waals surface area contributed by atoms with E-state index in [0.29, 0.717) is 22.8 Å². The molecule has 1 unspecified atom stereocenters. The number of nitrogens with one attached hydrogen (secondary N) is 1. The Morgan fingerprint density at radius 1 is 1.11 bits per heavy atom. The van der Waals surface area contributed by atoms with Crippen LogP contribution in [0.5, 0.6) is 0 Å². The van der Waals surface area contributed by atoms with Crippen molar-refractivity contribution in [3.05, 3.63) is 35.6 Å². The average Bonchev–Trinajstić information content (AvgIpc) is 2.74. The summed E-state index contributed by atoms with van der Waals surface area (Å²) >= 11 is 0. The van der Waals surface area contributed by atoms with Crippen molar-refractivity contribution in [2.24, 2.45) is 16.7 Å². The predicted molar refractivity (Wildman–Crippen MR) is 78.5 cm³/mol. The van der Waals surface area contributed by atoms with Gasteiger partial charge in [0, 0.05) is 6.04 Å². The van der Waals surface area contributed by atoms with Gasteiger partial charge in [0.25, 0.3) is 0 Å². The topological polar surface area (TPSA) is 12.0 Å². The Balaban J connectivity index is 2.25. The summed E-state index contributed by atoms with van der Waals surface area (Å²) in [4.78, 5) is 0. The molecule has 106 valence electrons. The van der Waals surface area contributed by atoms with Crippen molar-refractivity contribution in [3.63, 3.8) is 0 Å². The smallest absolute Gasteiger partial charge is 0.123 e. The summed E-state index contributed by atoms with van der Waals surface area (Å²) in [6, 6.07) is 7.31. The molecule has 1 fully saturated rings. The van der Waals surface area contributed by atoms with Crippen LogP contribution in [0.3, 0.4) is 0 Å². The van der Waals surface area contributed by atoms with Crippen molar-refractivity contribution < 1.29 is 4.39 Å². The van der Waals surface area contributed by atoms with Crippen molar-refractivity contribution in [1.82, 2.24) is 5.32 Å². The molecule has 1 saturated carbocycles. The molecule has 1 aromatic rings. The Bertz CT molecular complexity index is 419. The van der Waals surface area contributed by atoms with E-state index < -0.39 is 0 Å². The molecule has 19 heavy (non-hydrogen) atoms. The molecule has 1 N–H and O–H groups in total. The molecule has 0 aromatic heterocycles. The molecule has 0 heterocycles. The molecule has 1 aliphatic rings. The molecular formula is C17H26FN. The van der Waals surface area contributed by atoms with Gasteiger partial charge in [-0.2, -0.15) is 0 Å². The number of hydrogen-bond acceptors (Lipinski definition) is 1. The van der Waals surface area contributed by atoms with Crippen molar-refractivity contribution in [2.45, 2.75) is 47.1 Å². The molecule has 0 amide bonds. The van der Waals surface area contributed by atoms with Gasteiger partial charge in [-0.3, -0.25) is 0 Å². The van der Waals surface area contributed by atoms with Crippen LogP contribution in [-0.4, -0.2) is 6.54 Å². The zero-order valence-electron chi connectivity index (χ0n) is 12.8. The van der Waals surface area contributed by atoms with Crippen LogP contribution < -0.4 is 5.32 Å². The fraction of sp³-hybridized carbons (Fsp3) is 0.647. The van der Waals surface area contributed by atoms with E-state index in [1.807, 2.05) is 12.1 Å². The first kappa shape index (κ1) is 14.5. The number of rotatable bonds is 5. The Labute approximate surface area is 116 Å². The highest BCUT2D eigenvalue weighted by Crippen LogP contribution is 2.72. The van der Waals surface area contributed by atoms with Crippen LogP contribution in [0.2, 0.25) is 0 Å². The molecule has 2 rings (SSSR count). The standard InChI is InChI=1S/C17H26FN/c1-6-11-19-14(12-7-9-13(18)10-8-12)15-16(2,3)17(15,4)5/h7-10,14-15,19H,6,11H2,1-5H3. The van der Waals surface area contributed by atoms with E-state index >= 15 is 0 Å². The van der Waals surface area contributed by atoms with Gasteiger partial charge in [-0.25, -0.2) is 4.39 Å². The lowest BCUT2D eigenvalue weighted by Crippen LogP contribution is -2.26. The Morgan fingerprint density at radius 3 is 2.05 bits per heavy atom. The number of halogens is 1. The molecule has 1 aliphatic carbocycles. The Kier molecular flexibility index (Phi) is 3.74. The maximum absolute atomic E-state index is 13.1. The highest BCUT2D eigenvalue weighted by Gasteiger charge is 2.67. The Hall–Kier alpha value is -0.890. The molecule has 0 saturated heterocycles. The van der Waals surface area contributed by atoms with Crippen LogP contribution in [0.4, 0.5) is 4.39 Å². The Morgan fingerprint density at radius 2 is 1.63 bits per heavy atom. The van der Waals surface area contributed by atoms with Gasteiger partial charge in [-0.1, -0.05) is 46.8 Å². The summed E-state index contributed by atoms with van der Waals surface area (Å²) in [5.74, 6) is 0.435. The van der Waals surface area contributed by atoms with Crippen LogP contribution in [0.15, 0.2) is 24.3 Å². The number of benzene rings is 1. The van der Waals surface area contributed by atoms with Gasteiger partial charge in [-0.15, -0.1) is 0 Å². The maximum Gasteiger partial charge on any atom is 0.123 e. The first-order valence-corrected chi connectivity index (χ1v) is 7.31. The van der Waals surface area contributed by atoms with Crippen LogP contribution >= 0.6 is 0 Å². The van der Waals surface area contributed by atoms with E-state index in [1.54, 1.807) is 12.1 Å².